The van der Waals surface area contributed by atoms with Gasteiger partial charge in [0.1, 0.15) is 16.9 Å². The molecule has 0 spiro atoms. The quantitative estimate of drug-likeness (QED) is 0.680. The first-order chi connectivity index (χ1) is 9.04. The number of aliphatic imine (C=N–C) groups is 1. The highest BCUT2D eigenvalue weighted by Gasteiger charge is 2.16. The minimum atomic E-state index is -0.555. The molecule has 19 heavy (non-hydrogen) atoms. The summed E-state index contributed by atoms with van der Waals surface area (Å²) in [6.07, 6.45) is 0.872. The third-order valence-corrected chi connectivity index (χ3v) is 3.15. The summed E-state index contributed by atoms with van der Waals surface area (Å²) < 4.78 is 5.21. The molecule has 0 aliphatic carbocycles. The maximum atomic E-state index is 12.0. The number of nitrogens with zero attached hydrogens (tertiary/aromatic N) is 1. The maximum absolute atomic E-state index is 12.0. The van der Waals surface area contributed by atoms with E-state index in [1.54, 1.807) is 31.2 Å². The number of hydrogen-bond acceptors (Lipinski definition) is 4. The van der Waals surface area contributed by atoms with Crippen LogP contribution in [0.4, 0.5) is 0 Å². The second-order valence-electron chi connectivity index (χ2n) is 4.58. The molecular weight excluding hydrogens is 242 g/mol. The molecule has 0 aliphatic heterocycles. The Morgan fingerprint density at radius 1 is 1.42 bits per heavy atom. The Labute approximate surface area is 111 Å². The van der Waals surface area contributed by atoms with E-state index in [9.17, 15) is 9.90 Å². The monoisotopic (exact) mass is 259 g/mol. The average molecular weight is 259 g/mol. The van der Waals surface area contributed by atoms with Crippen LogP contribution in [0.1, 0.15) is 32.8 Å². The highest BCUT2D eigenvalue weighted by Crippen LogP contribution is 2.26. The van der Waals surface area contributed by atoms with Gasteiger partial charge in [0.25, 0.3) is 0 Å². The van der Waals surface area contributed by atoms with Crippen LogP contribution < -0.4 is 5.63 Å². The molecule has 1 N–H and O–H groups in total. The molecular formula is C15H17NO3. The summed E-state index contributed by atoms with van der Waals surface area (Å²) in [7, 11) is 0. The van der Waals surface area contributed by atoms with Crippen molar-refractivity contribution in [3.8, 4) is 5.75 Å². The largest absolute Gasteiger partial charge is 0.506 e. The average Bonchev–Trinajstić information content (AvgIpc) is 2.38. The lowest BCUT2D eigenvalue weighted by atomic mass is 10.1. The number of benzene rings is 1. The SMILES string of the molecule is CCC(C)N=C(C)c1c(O)c2ccccc2oc1=O. The molecule has 2 aromatic rings. The topological polar surface area (TPSA) is 62.8 Å². The molecule has 1 heterocycles. The molecule has 0 saturated carbocycles. The van der Waals surface area contributed by atoms with Gasteiger partial charge in [0.05, 0.1) is 11.1 Å². The third-order valence-electron chi connectivity index (χ3n) is 3.15. The predicted molar refractivity (Wildman–Crippen MR) is 76.1 cm³/mol. The lowest BCUT2D eigenvalue weighted by Crippen LogP contribution is -2.14. The molecule has 0 fully saturated rings. The maximum Gasteiger partial charge on any atom is 0.349 e. The normalized spacial score (nSPS) is 13.7. The molecule has 0 amide bonds. The van der Waals surface area contributed by atoms with Gasteiger partial charge in [0.2, 0.25) is 0 Å². The van der Waals surface area contributed by atoms with E-state index in [0.29, 0.717) is 16.7 Å². The number of hydrogen-bond donors (Lipinski definition) is 1. The molecule has 1 atom stereocenters. The predicted octanol–water partition coefficient (Wildman–Crippen LogP) is 3.11. The minimum absolute atomic E-state index is 0.0589. The van der Waals surface area contributed by atoms with Gasteiger partial charge in [-0.25, -0.2) is 4.79 Å². The van der Waals surface area contributed by atoms with Gasteiger partial charge in [-0.05, 0) is 32.4 Å². The summed E-state index contributed by atoms with van der Waals surface area (Å²) in [5.74, 6) is -0.0589. The second kappa shape index (κ2) is 5.26. The highest BCUT2D eigenvalue weighted by molar-refractivity contribution is 6.04. The molecule has 100 valence electrons. The summed E-state index contributed by atoms with van der Waals surface area (Å²) in [6, 6.07) is 7.01. The van der Waals surface area contributed by atoms with Gasteiger partial charge >= 0.3 is 5.63 Å². The van der Waals surface area contributed by atoms with Crippen LogP contribution in [0.2, 0.25) is 0 Å². The zero-order valence-corrected chi connectivity index (χ0v) is 11.3. The van der Waals surface area contributed by atoms with Crippen molar-refractivity contribution in [1.82, 2.24) is 0 Å². The number of aromatic hydroxyl groups is 1. The summed E-state index contributed by atoms with van der Waals surface area (Å²) in [5.41, 5.74) is 0.483. The van der Waals surface area contributed by atoms with Gasteiger partial charge in [-0.3, -0.25) is 4.99 Å². The van der Waals surface area contributed by atoms with Gasteiger partial charge in [-0.2, -0.15) is 0 Å². The molecule has 0 saturated heterocycles. The Hall–Kier alpha value is -2.10. The third kappa shape index (κ3) is 2.52. The summed E-state index contributed by atoms with van der Waals surface area (Å²) in [6.45, 7) is 5.69. The summed E-state index contributed by atoms with van der Waals surface area (Å²) in [5, 5.41) is 10.8. The van der Waals surface area contributed by atoms with Crippen LogP contribution in [0.5, 0.6) is 5.75 Å². The van der Waals surface area contributed by atoms with Crippen LogP contribution in [-0.2, 0) is 0 Å². The van der Waals surface area contributed by atoms with Gasteiger partial charge in [-0.15, -0.1) is 0 Å². The first kappa shape index (κ1) is 13.3. The van der Waals surface area contributed by atoms with E-state index >= 15 is 0 Å². The van der Waals surface area contributed by atoms with Crippen molar-refractivity contribution in [3.63, 3.8) is 0 Å². The van der Waals surface area contributed by atoms with Crippen molar-refractivity contribution >= 4 is 16.7 Å². The van der Waals surface area contributed by atoms with Crippen molar-refractivity contribution in [3.05, 3.63) is 40.2 Å². The molecule has 1 aromatic carbocycles. The van der Waals surface area contributed by atoms with Gasteiger partial charge in [-0.1, -0.05) is 19.1 Å². The summed E-state index contributed by atoms with van der Waals surface area (Å²) in [4.78, 5) is 16.3. The van der Waals surface area contributed by atoms with E-state index in [2.05, 4.69) is 4.99 Å². The molecule has 2 rings (SSSR count). The van der Waals surface area contributed by atoms with Crippen LogP contribution in [-0.4, -0.2) is 16.9 Å². The zero-order valence-electron chi connectivity index (χ0n) is 11.3. The number of fused-ring (bicyclic) bond motifs is 1. The molecule has 4 heteroatoms. The number of rotatable bonds is 3. The Bertz CT molecular complexity index is 685. The van der Waals surface area contributed by atoms with E-state index in [0.717, 1.165) is 6.42 Å². The van der Waals surface area contributed by atoms with Gasteiger partial charge in [0.15, 0.2) is 0 Å². The fourth-order valence-corrected chi connectivity index (χ4v) is 1.94. The zero-order chi connectivity index (χ0) is 14.0. The lowest BCUT2D eigenvalue weighted by Gasteiger charge is -2.08. The van der Waals surface area contributed by atoms with Crippen LogP contribution in [0.15, 0.2) is 38.5 Å². The molecule has 0 radical (unpaired) electrons. The number of para-hydroxylation sites is 1. The van der Waals surface area contributed by atoms with Crippen LogP contribution >= 0.6 is 0 Å². The second-order valence-corrected chi connectivity index (χ2v) is 4.58. The van der Waals surface area contributed by atoms with Crippen molar-refractivity contribution < 1.29 is 9.52 Å². The smallest absolute Gasteiger partial charge is 0.349 e. The van der Waals surface area contributed by atoms with Crippen molar-refractivity contribution in [2.24, 2.45) is 4.99 Å². The van der Waals surface area contributed by atoms with E-state index in [1.165, 1.54) is 0 Å². The Kier molecular flexibility index (Phi) is 3.69. The lowest BCUT2D eigenvalue weighted by molar-refractivity contribution is 0.466. The molecule has 0 bridgehead atoms. The Morgan fingerprint density at radius 3 is 2.79 bits per heavy atom. The van der Waals surface area contributed by atoms with Crippen molar-refractivity contribution in [2.75, 3.05) is 0 Å². The fourth-order valence-electron chi connectivity index (χ4n) is 1.94. The molecule has 1 unspecified atom stereocenters. The first-order valence-corrected chi connectivity index (χ1v) is 6.34. The van der Waals surface area contributed by atoms with Crippen LogP contribution in [0.25, 0.3) is 11.0 Å². The Morgan fingerprint density at radius 2 is 2.11 bits per heavy atom. The highest BCUT2D eigenvalue weighted by atomic mass is 16.4. The minimum Gasteiger partial charge on any atom is -0.506 e. The van der Waals surface area contributed by atoms with Gasteiger partial charge in [0, 0.05) is 6.04 Å². The van der Waals surface area contributed by atoms with E-state index < -0.39 is 5.63 Å². The Balaban J connectivity index is 2.67. The van der Waals surface area contributed by atoms with E-state index in [-0.39, 0.29) is 17.4 Å². The van der Waals surface area contributed by atoms with Crippen molar-refractivity contribution in [2.45, 2.75) is 33.2 Å². The van der Waals surface area contributed by atoms with Crippen LogP contribution in [0.3, 0.4) is 0 Å². The van der Waals surface area contributed by atoms with Crippen molar-refractivity contribution in [1.29, 1.82) is 0 Å². The fraction of sp³-hybridized carbons (Fsp3) is 0.333. The van der Waals surface area contributed by atoms with E-state index in [4.69, 9.17) is 4.42 Å². The molecule has 0 aliphatic rings. The molecule has 1 aromatic heterocycles. The van der Waals surface area contributed by atoms with Gasteiger partial charge < -0.3 is 9.52 Å². The molecule has 4 nitrogen and oxygen atoms in total. The van der Waals surface area contributed by atoms with Crippen LogP contribution in [0, 0.1) is 0 Å². The first-order valence-electron chi connectivity index (χ1n) is 6.34. The van der Waals surface area contributed by atoms with E-state index in [1.807, 2.05) is 13.8 Å². The standard InChI is InChI=1S/C15H17NO3/c1-4-9(2)16-10(3)13-14(17)11-7-5-6-8-12(11)19-15(13)18/h5-9,17H,4H2,1-3H3. The summed E-state index contributed by atoms with van der Waals surface area (Å²) >= 11 is 0.